The standard InChI is InChI=1S/C9H16N2O4S/c1-15-7-6-11-5-4-10(9-11)3-2-8-16(12,13)14/h4-5,9H,2-3,6-8H2,1H3/p+1. The molecule has 0 aliphatic carbocycles. The van der Waals surface area contributed by atoms with Crippen molar-refractivity contribution in [3.63, 3.8) is 0 Å². The second kappa shape index (κ2) is 5.97. The molecule has 1 rings (SSSR count). The van der Waals surface area contributed by atoms with E-state index in [-0.39, 0.29) is 5.75 Å². The third-order valence-electron chi connectivity index (χ3n) is 2.12. The Bertz CT molecular complexity index is 413. The summed E-state index contributed by atoms with van der Waals surface area (Å²) in [5.74, 6) is -0.205. The van der Waals surface area contributed by atoms with Crippen LogP contribution in [0.5, 0.6) is 0 Å². The third-order valence-corrected chi connectivity index (χ3v) is 2.92. The van der Waals surface area contributed by atoms with Crippen molar-refractivity contribution < 1.29 is 22.3 Å². The molecular formula is C9H17N2O4S+. The van der Waals surface area contributed by atoms with Gasteiger partial charge in [0.25, 0.3) is 10.1 Å². The number of hydrogen-bond acceptors (Lipinski definition) is 3. The fourth-order valence-corrected chi connectivity index (χ4v) is 1.82. The van der Waals surface area contributed by atoms with Crippen LogP contribution in [0, 0.1) is 0 Å². The number of ether oxygens (including phenoxy) is 1. The Balaban J connectivity index is 2.35. The summed E-state index contributed by atoms with van der Waals surface area (Å²) in [5, 5.41) is 0. The molecule has 0 saturated carbocycles. The molecule has 1 heterocycles. The van der Waals surface area contributed by atoms with Crippen molar-refractivity contribution in [1.82, 2.24) is 4.57 Å². The quantitative estimate of drug-likeness (QED) is 0.532. The summed E-state index contributed by atoms with van der Waals surface area (Å²) in [6.07, 6.45) is 6.03. The highest BCUT2D eigenvalue weighted by atomic mass is 32.2. The molecule has 92 valence electrons. The van der Waals surface area contributed by atoms with Crippen molar-refractivity contribution in [2.24, 2.45) is 0 Å². The molecule has 7 heteroatoms. The minimum absolute atomic E-state index is 0.205. The average molecular weight is 249 g/mol. The number of rotatable bonds is 7. The van der Waals surface area contributed by atoms with Crippen LogP contribution in [-0.2, 0) is 27.9 Å². The van der Waals surface area contributed by atoms with Crippen molar-refractivity contribution in [3.05, 3.63) is 18.7 Å². The van der Waals surface area contributed by atoms with Crippen LogP contribution < -0.4 is 4.57 Å². The molecule has 0 bridgehead atoms. The maximum atomic E-state index is 10.5. The summed E-state index contributed by atoms with van der Waals surface area (Å²) in [6, 6.07) is 0. The first-order valence-corrected chi connectivity index (χ1v) is 6.61. The smallest absolute Gasteiger partial charge is 0.265 e. The number of nitrogens with zero attached hydrogens (tertiary/aromatic N) is 2. The van der Waals surface area contributed by atoms with Crippen LogP contribution in [0.15, 0.2) is 18.7 Å². The predicted octanol–water partition coefficient (Wildman–Crippen LogP) is -0.300. The molecule has 1 aromatic heterocycles. The van der Waals surface area contributed by atoms with Crippen LogP contribution >= 0.6 is 0 Å². The van der Waals surface area contributed by atoms with Gasteiger partial charge in [0.05, 0.1) is 18.9 Å². The van der Waals surface area contributed by atoms with Crippen molar-refractivity contribution in [3.8, 4) is 0 Å². The Kier molecular flexibility index (Phi) is 4.91. The highest BCUT2D eigenvalue weighted by Gasteiger charge is 2.07. The molecule has 0 amide bonds. The van der Waals surface area contributed by atoms with Gasteiger partial charge in [-0.3, -0.25) is 4.55 Å². The van der Waals surface area contributed by atoms with Crippen LogP contribution in [0.1, 0.15) is 6.42 Å². The van der Waals surface area contributed by atoms with Crippen LogP contribution in [-0.4, -0.2) is 37.0 Å². The van der Waals surface area contributed by atoms with Crippen molar-refractivity contribution in [2.45, 2.75) is 19.5 Å². The molecule has 0 saturated heterocycles. The van der Waals surface area contributed by atoms with Gasteiger partial charge in [0, 0.05) is 13.5 Å². The van der Waals surface area contributed by atoms with E-state index in [9.17, 15) is 8.42 Å². The first-order valence-electron chi connectivity index (χ1n) is 5.00. The number of imidazole rings is 1. The van der Waals surface area contributed by atoms with E-state index >= 15 is 0 Å². The van der Waals surface area contributed by atoms with Gasteiger partial charge in [-0.2, -0.15) is 8.42 Å². The fraction of sp³-hybridized carbons (Fsp3) is 0.667. The molecule has 0 aliphatic rings. The molecule has 0 aliphatic heterocycles. The maximum absolute atomic E-state index is 10.5. The Hall–Kier alpha value is -0.920. The molecule has 0 unspecified atom stereocenters. The van der Waals surface area contributed by atoms with Gasteiger partial charge in [-0.15, -0.1) is 0 Å². The number of aryl methyl sites for hydroxylation is 1. The van der Waals surface area contributed by atoms with Gasteiger partial charge < -0.3 is 4.74 Å². The second-order valence-corrected chi connectivity index (χ2v) is 5.09. The van der Waals surface area contributed by atoms with Gasteiger partial charge in [-0.1, -0.05) is 0 Å². The molecule has 1 aromatic rings. The van der Waals surface area contributed by atoms with Crippen molar-refractivity contribution in [1.29, 1.82) is 0 Å². The van der Waals surface area contributed by atoms with E-state index in [0.717, 1.165) is 6.54 Å². The molecule has 0 fully saturated rings. The summed E-state index contributed by atoms with van der Waals surface area (Å²) < 4.78 is 38.3. The van der Waals surface area contributed by atoms with Gasteiger partial charge in [0.2, 0.25) is 6.33 Å². The molecule has 6 nitrogen and oxygen atoms in total. The minimum Gasteiger partial charge on any atom is -0.381 e. The van der Waals surface area contributed by atoms with E-state index in [1.165, 1.54) is 0 Å². The zero-order valence-corrected chi connectivity index (χ0v) is 10.1. The van der Waals surface area contributed by atoms with Crippen molar-refractivity contribution >= 4 is 10.1 Å². The zero-order valence-electron chi connectivity index (χ0n) is 9.24. The minimum atomic E-state index is -3.84. The summed E-state index contributed by atoms with van der Waals surface area (Å²) in [5.41, 5.74) is 0. The van der Waals surface area contributed by atoms with E-state index < -0.39 is 10.1 Å². The predicted molar refractivity (Wildman–Crippen MR) is 57.5 cm³/mol. The average Bonchev–Trinajstić information content (AvgIpc) is 2.61. The molecule has 0 radical (unpaired) electrons. The number of hydrogen-bond donors (Lipinski definition) is 1. The summed E-state index contributed by atoms with van der Waals surface area (Å²) in [6.45, 7) is 1.97. The first-order chi connectivity index (χ1) is 7.51. The summed E-state index contributed by atoms with van der Waals surface area (Å²) >= 11 is 0. The van der Waals surface area contributed by atoms with Gasteiger partial charge in [-0.25, -0.2) is 9.13 Å². The zero-order chi connectivity index (χ0) is 12.0. The fourth-order valence-electron chi connectivity index (χ4n) is 1.33. The lowest BCUT2D eigenvalue weighted by molar-refractivity contribution is -0.696. The monoisotopic (exact) mass is 249 g/mol. The van der Waals surface area contributed by atoms with Gasteiger partial charge in [-0.05, 0) is 0 Å². The highest BCUT2D eigenvalue weighted by Crippen LogP contribution is 1.90. The Morgan fingerprint density at radius 3 is 2.88 bits per heavy atom. The molecule has 16 heavy (non-hydrogen) atoms. The molecule has 0 spiro atoms. The van der Waals surface area contributed by atoms with E-state index in [0.29, 0.717) is 19.6 Å². The topological polar surface area (TPSA) is 72.4 Å². The Labute approximate surface area is 95.2 Å². The molecular weight excluding hydrogens is 232 g/mol. The lowest BCUT2D eigenvalue weighted by atomic mass is 10.5. The first kappa shape index (κ1) is 13.1. The molecule has 1 N–H and O–H groups in total. The van der Waals surface area contributed by atoms with Crippen LogP contribution in [0.2, 0.25) is 0 Å². The van der Waals surface area contributed by atoms with E-state index in [2.05, 4.69) is 0 Å². The van der Waals surface area contributed by atoms with Crippen LogP contribution in [0.3, 0.4) is 0 Å². The van der Waals surface area contributed by atoms with E-state index in [1.54, 1.807) is 7.11 Å². The maximum Gasteiger partial charge on any atom is 0.265 e. The van der Waals surface area contributed by atoms with Crippen LogP contribution in [0.25, 0.3) is 0 Å². The third kappa shape index (κ3) is 5.24. The number of aromatic nitrogens is 2. The summed E-state index contributed by atoms with van der Waals surface area (Å²) in [4.78, 5) is 0. The van der Waals surface area contributed by atoms with Crippen LogP contribution in [0.4, 0.5) is 0 Å². The molecule has 0 atom stereocenters. The number of methoxy groups -OCH3 is 1. The van der Waals surface area contributed by atoms with Gasteiger partial charge in [0.15, 0.2) is 0 Å². The molecule has 0 aromatic carbocycles. The normalized spacial score (nSPS) is 11.9. The van der Waals surface area contributed by atoms with Crippen molar-refractivity contribution in [2.75, 3.05) is 19.5 Å². The van der Waals surface area contributed by atoms with Gasteiger partial charge in [0.1, 0.15) is 18.9 Å². The summed E-state index contributed by atoms with van der Waals surface area (Å²) in [7, 11) is -2.20. The van der Waals surface area contributed by atoms with E-state index in [1.807, 2.05) is 27.9 Å². The lowest BCUT2D eigenvalue weighted by Crippen LogP contribution is -2.32. The van der Waals surface area contributed by atoms with E-state index in [4.69, 9.17) is 9.29 Å². The van der Waals surface area contributed by atoms with Gasteiger partial charge >= 0.3 is 0 Å². The lowest BCUT2D eigenvalue weighted by Gasteiger charge is -1.96. The highest BCUT2D eigenvalue weighted by molar-refractivity contribution is 7.85. The Morgan fingerprint density at radius 2 is 2.25 bits per heavy atom. The Morgan fingerprint density at radius 1 is 1.50 bits per heavy atom. The SMILES string of the molecule is COCCn1cc[n+](CCCS(=O)(=O)O)c1. The largest absolute Gasteiger partial charge is 0.381 e. The second-order valence-electron chi connectivity index (χ2n) is 3.52.